The minimum absolute atomic E-state index is 0.229. The van der Waals surface area contributed by atoms with E-state index in [1.807, 2.05) is 0 Å². The number of rotatable bonds is 8. The van der Waals surface area contributed by atoms with E-state index >= 15 is 0 Å². The molecule has 0 aromatic heterocycles. The lowest BCUT2D eigenvalue weighted by molar-refractivity contribution is 0.301. The van der Waals surface area contributed by atoms with Gasteiger partial charge < -0.3 is 15.3 Å². The topological polar surface area (TPSA) is 35.5 Å². The molecule has 106 valence electrons. The number of hydrogen-bond donors (Lipinski definition) is 2. The molecule has 1 aromatic carbocycles. The standard InChI is InChI=1S/C16H26N2O/c1-3-16(17-4-2)13-5-7-14(8-6-13)18(11-12-19)15-9-10-15/h5-8,15-17,19H,3-4,9-12H2,1-2H3. The molecule has 3 heteroatoms. The van der Waals surface area contributed by atoms with E-state index in [-0.39, 0.29) is 6.61 Å². The molecule has 1 aliphatic carbocycles. The molecule has 2 rings (SSSR count). The Labute approximate surface area is 116 Å². The molecule has 0 heterocycles. The first-order chi connectivity index (χ1) is 9.30. The second-order valence-corrected chi connectivity index (χ2v) is 5.26. The van der Waals surface area contributed by atoms with Crippen LogP contribution in [0.2, 0.25) is 0 Å². The summed E-state index contributed by atoms with van der Waals surface area (Å²) in [6, 6.07) is 9.93. The van der Waals surface area contributed by atoms with Crippen LogP contribution in [0.25, 0.3) is 0 Å². The number of hydrogen-bond acceptors (Lipinski definition) is 3. The van der Waals surface area contributed by atoms with Crippen LogP contribution in [0.15, 0.2) is 24.3 Å². The predicted molar refractivity (Wildman–Crippen MR) is 80.6 cm³/mol. The van der Waals surface area contributed by atoms with Gasteiger partial charge in [0.1, 0.15) is 0 Å². The molecule has 1 saturated carbocycles. The van der Waals surface area contributed by atoms with Gasteiger partial charge in [-0.15, -0.1) is 0 Å². The van der Waals surface area contributed by atoms with Crippen LogP contribution >= 0.6 is 0 Å². The monoisotopic (exact) mass is 262 g/mol. The van der Waals surface area contributed by atoms with E-state index in [0.717, 1.165) is 19.5 Å². The van der Waals surface area contributed by atoms with Crippen LogP contribution < -0.4 is 10.2 Å². The molecule has 1 aromatic rings. The van der Waals surface area contributed by atoms with Gasteiger partial charge >= 0.3 is 0 Å². The summed E-state index contributed by atoms with van der Waals surface area (Å²) in [6.45, 7) is 6.33. The van der Waals surface area contributed by atoms with Gasteiger partial charge in [0.25, 0.3) is 0 Å². The summed E-state index contributed by atoms with van der Waals surface area (Å²) in [4.78, 5) is 2.33. The molecule has 0 amide bonds. The van der Waals surface area contributed by atoms with Gasteiger partial charge in [-0.3, -0.25) is 0 Å². The maximum atomic E-state index is 9.17. The van der Waals surface area contributed by atoms with Crippen molar-refractivity contribution in [3.63, 3.8) is 0 Å². The highest BCUT2D eigenvalue weighted by Gasteiger charge is 2.28. The van der Waals surface area contributed by atoms with Crippen molar-refractivity contribution < 1.29 is 5.11 Å². The van der Waals surface area contributed by atoms with E-state index in [9.17, 15) is 5.11 Å². The fourth-order valence-electron chi connectivity index (χ4n) is 2.66. The fourth-order valence-corrected chi connectivity index (χ4v) is 2.66. The van der Waals surface area contributed by atoms with Gasteiger partial charge in [-0.2, -0.15) is 0 Å². The first-order valence-electron chi connectivity index (χ1n) is 7.51. The van der Waals surface area contributed by atoms with Crippen molar-refractivity contribution in [1.29, 1.82) is 0 Å². The van der Waals surface area contributed by atoms with Gasteiger partial charge in [0.2, 0.25) is 0 Å². The summed E-state index contributed by atoms with van der Waals surface area (Å²) in [5.41, 5.74) is 2.60. The van der Waals surface area contributed by atoms with Gasteiger partial charge in [-0.1, -0.05) is 26.0 Å². The third kappa shape index (κ3) is 3.71. The van der Waals surface area contributed by atoms with Crippen LogP contribution in [0.4, 0.5) is 5.69 Å². The van der Waals surface area contributed by atoms with Crippen LogP contribution in [-0.4, -0.2) is 30.8 Å². The van der Waals surface area contributed by atoms with Gasteiger partial charge in [-0.25, -0.2) is 0 Å². The Morgan fingerprint density at radius 2 is 1.95 bits per heavy atom. The Kier molecular flexibility index (Phi) is 5.23. The van der Waals surface area contributed by atoms with E-state index in [2.05, 4.69) is 48.3 Å². The quantitative estimate of drug-likeness (QED) is 0.756. The van der Waals surface area contributed by atoms with E-state index in [1.165, 1.54) is 24.1 Å². The van der Waals surface area contributed by atoms with Crippen molar-refractivity contribution >= 4 is 5.69 Å². The van der Waals surface area contributed by atoms with Crippen LogP contribution in [-0.2, 0) is 0 Å². The zero-order valence-electron chi connectivity index (χ0n) is 12.1. The lowest BCUT2D eigenvalue weighted by Crippen LogP contribution is -2.28. The predicted octanol–water partition coefficient (Wildman–Crippen LogP) is 2.71. The van der Waals surface area contributed by atoms with Crippen molar-refractivity contribution in [3.05, 3.63) is 29.8 Å². The molecule has 0 aliphatic heterocycles. The van der Waals surface area contributed by atoms with Gasteiger partial charge in [-0.05, 0) is 43.5 Å². The van der Waals surface area contributed by atoms with Crippen LogP contribution in [0.5, 0.6) is 0 Å². The third-order valence-corrected chi connectivity index (χ3v) is 3.81. The fraction of sp³-hybridized carbons (Fsp3) is 0.625. The highest BCUT2D eigenvalue weighted by Crippen LogP contribution is 2.32. The molecular weight excluding hydrogens is 236 g/mol. The van der Waals surface area contributed by atoms with E-state index in [1.54, 1.807) is 0 Å². The number of nitrogens with one attached hydrogen (secondary N) is 1. The number of aliphatic hydroxyl groups is 1. The summed E-state index contributed by atoms with van der Waals surface area (Å²) >= 11 is 0. The molecule has 1 unspecified atom stereocenters. The highest BCUT2D eigenvalue weighted by molar-refractivity contribution is 5.50. The maximum Gasteiger partial charge on any atom is 0.0606 e. The number of nitrogens with zero attached hydrogens (tertiary/aromatic N) is 1. The Balaban J connectivity index is 2.07. The van der Waals surface area contributed by atoms with E-state index in [4.69, 9.17) is 0 Å². The van der Waals surface area contributed by atoms with E-state index < -0.39 is 0 Å². The zero-order valence-corrected chi connectivity index (χ0v) is 12.1. The molecule has 1 aliphatic rings. The number of benzene rings is 1. The molecule has 1 atom stereocenters. The van der Waals surface area contributed by atoms with Crippen LogP contribution in [0, 0.1) is 0 Å². The Hall–Kier alpha value is -1.06. The summed E-state index contributed by atoms with van der Waals surface area (Å²) < 4.78 is 0. The highest BCUT2D eigenvalue weighted by atomic mass is 16.3. The smallest absolute Gasteiger partial charge is 0.0606 e. The SMILES string of the molecule is CCNC(CC)c1ccc(N(CCO)C2CC2)cc1. The Morgan fingerprint density at radius 1 is 1.26 bits per heavy atom. The van der Waals surface area contributed by atoms with Crippen molar-refractivity contribution in [2.24, 2.45) is 0 Å². The van der Waals surface area contributed by atoms with Crippen molar-refractivity contribution in [2.75, 3.05) is 24.6 Å². The average Bonchev–Trinajstić information content (AvgIpc) is 3.27. The van der Waals surface area contributed by atoms with E-state index in [0.29, 0.717) is 12.1 Å². The first-order valence-corrected chi connectivity index (χ1v) is 7.51. The van der Waals surface area contributed by atoms with Crippen LogP contribution in [0.1, 0.15) is 44.7 Å². The molecule has 0 spiro atoms. The van der Waals surface area contributed by atoms with Gasteiger partial charge in [0.15, 0.2) is 0 Å². The first kappa shape index (κ1) is 14.4. The molecule has 19 heavy (non-hydrogen) atoms. The van der Waals surface area contributed by atoms with Crippen molar-refractivity contribution in [1.82, 2.24) is 5.32 Å². The molecule has 0 saturated heterocycles. The largest absolute Gasteiger partial charge is 0.395 e. The van der Waals surface area contributed by atoms with Gasteiger partial charge in [0.05, 0.1) is 6.61 Å². The normalized spacial score (nSPS) is 16.4. The summed E-state index contributed by atoms with van der Waals surface area (Å²) in [7, 11) is 0. The summed E-state index contributed by atoms with van der Waals surface area (Å²) in [5, 5.41) is 12.7. The van der Waals surface area contributed by atoms with Crippen molar-refractivity contribution in [2.45, 2.75) is 45.2 Å². The van der Waals surface area contributed by atoms with Gasteiger partial charge in [0, 0.05) is 24.3 Å². The maximum absolute atomic E-state index is 9.17. The summed E-state index contributed by atoms with van der Waals surface area (Å²) in [5.74, 6) is 0. The van der Waals surface area contributed by atoms with Crippen molar-refractivity contribution in [3.8, 4) is 0 Å². The minimum Gasteiger partial charge on any atom is -0.395 e. The molecule has 1 fully saturated rings. The number of anilines is 1. The van der Waals surface area contributed by atoms with Crippen LogP contribution in [0.3, 0.4) is 0 Å². The molecular formula is C16H26N2O. The third-order valence-electron chi connectivity index (χ3n) is 3.81. The zero-order chi connectivity index (χ0) is 13.7. The summed E-state index contributed by atoms with van der Waals surface area (Å²) in [6.07, 6.45) is 3.63. The molecule has 3 nitrogen and oxygen atoms in total. The minimum atomic E-state index is 0.229. The lowest BCUT2D eigenvalue weighted by Gasteiger charge is -2.24. The molecule has 2 N–H and O–H groups in total. The molecule has 0 bridgehead atoms. The Bertz CT molecular complexity index is 373. The molecule has 0 radical (unpaired) electrons. The Morgan fingerprint density at radius 3 is 2.42 bits per heavy atom. The average molecular weight is 262 g/mol. The lowest BCUT2D eigenvalue weighted by atomic mass is 10.0. The second-order valence-electron chi connectivity index (χ2n) is 5.26. The number of aliphatic hydroxyl groups excluding tert-OH is 1. The second kappa shape index (κ2) is 6.92.